The maximum Gasteiger partial charge on any atom is 0.340 e. The van der Waals surface area contributed by atoms with Gasteiger partial charge in [0.1, 0.15) is 0 Å². The molecule has 0 fully saturated rings. The molecule has 0 saturated carbocycles. The normalized spacial score (nSPS) is 10.5. The lowest BCUT2D eigenvalue weighted by Gasteiger charge is -2.06. The smallest absolute Gasteiger partial charge is 0.340 e. The quantitative estimate of drug-likeness (QED) is 0.716. The van der Waals surface area contributed by atoms with E-state index in [1.54, 1.807) is 6.92 Å². The van der Waals surface area contributed by atoms with E-state index in [0.29, 0.717) is 25.0 Å². The second-order valence-electron chi connectivity index (χ2n) is 3.97. The van der Waals surface area contributed by atoms with Crippen molar-refractivity contribution in [1.29, 1.82) is 0 Å². The molecule has 0 unspecified atom stereocenters. The average Bonchev–Trinajstić information content (AvgIpc) is 2.70. The topological polar surface area (TPSA) is 62.3 Å². The van der Waals surface area contributed by atoms with Crippen LogP contribution in [0.5, 0.6) is 0 Å². The molecule has 0 atom stereocenters. The van der Waals surface area contributed by atoms with Crippen LogP contribution in [-0.4, -0.2) is 29.3 Å². The van der Waals surface area contributed by atoms with Crippen molar-refractivity contribution >= 4 is 5.97 Å². The molecule has 0 amide bonds. The molecule has 4 heteroatoms. The summed E-state index contributed by atoms with van der Waals surface area (Å²) in [6.45, 7) is 4.40. The lowest BCUT2D eigenvalue weighted by Crippen LogP contribution is -2.09. The molecule has 96 valence electrons. The second kappa shape index (κ2) is 7.12. The van der Waals surface area contributed by atoms with Gasteiger partial charge in [-0.15, -0.1) is 0 Å². The molecule has 0 spiro atoms. The third kappa shape index (κ3) is 3.60. The van der Waals surface area contributed by atoms with E-state index in [1.807, 2.05) is 6.20 Å². The first kappa shape index (κ1) is 13.8. The van der Waals surface area contributed by atoms with Crippen molar-refractivity contribution in [2.45, 2.75) is 39.5 Å². The Kier molecular flexibility index (Phi) is 5.77. The first-order chi connectivity index (χ1) is 8.24. The van der Waals surface area contributed by atoms with Crippen molar-refractivity contribution in [3.05, 3.63) is 23.0 Å². The van der Waals surface area contributed by atoms with E-state index >= 15 is 0 Å². The van der Waals surface area contributed by atoms with E-state index in [0.717, 1.165) is 24.1 Å². The van der Waals surface area contributed by atoms with Gasteiger partial charge in [-0.3, -0.25) is 0 Å². The molecule has 2 N–H and O–H groups in total. The number of carbonyl (C=O) groups is 1. The molecule has 0 aromatic carbocycles. The highest BCUT2D eigenvalue weighted by atomic mass is 16.5. The highest BCUT2D eigenvalue weighted by Crippen LogP contribution is 2.18. The number of aliphatic hydroxyl groups excluding tert-OH is 1. The molecule has 1 aromatic heterocycles. The molecule has 0 radical (unpaired) electrons. The van der Waals surface area contributed by atoms with Crippen molar-refractivity contribution in [2.24, 2.45) is 0 Å². The van der Waals surface area contributed by atoms with Crippen LogP contribution in [0.4, 0.5) is 0 Å². The highest BCUT2D eigenvalue weighted by Gasteiger charge is 2.18. The molecule has 4 nitrogen and oxygen atoms in total. The molecule has 1 aromatic rings. The zero-order valence-corrected chi connectivity index (χ0v) is 10.6. The number of H-pyrrole nitrogens is 1. The number of hydrogen-bond acceptors (Lipinski definition) is 3. The Morgan fingerprint density at radius 1 is 1.41 bits per heavy atom. The number of aromatic amines is 1. The second-order valence-corrected chi connectivity index (χ2v) is 3.97. The number of aryl methyl sites for hydroxylation is 2. The monoisotopic (exact) mass is 239 g/mol. The molecule has 0 saturated heterocycles. The van der Waals surface area contributed by atoms with Crippen molar-refractivity contribution in [1.82, 2.24) is 4.98 Å². The Hall–Kier alpha value is -1.29. The fourth-order valence-corrected chi connectivity index (χ4v) is 1.88. The van der Waals surface area contributed by atoms with Gasteiger partial charge in [0, 0.05) is 18.5 Å². The van der Waals surface area contributed by atoms with E-state index in [2.05, 4.69) is 11.9 Å². The summed E-state index contributed by atoms with van der Waals surface area (Å²) in [6, 6.07) is 0. The zero-order chi connectivity index (χ0) is 12.7. The summed E-state index contributed by atoms with van der Waals surface area (Å²) < 4.78 is 5.07. The van der Waals surface area contributed by atoms with E-state index < -0.39 is 0 Å². The minimum Gasteiger partial charge on any atom is -0.462 e. The van der Waals surface area contributed by atoms with Crippen molar-refractivity contribution in [3.63, 3.8) is 0 Å². The van der Waals surface area contributed by atoms with E-state index in [9.17, 15) is 4.79 Å². The molecule has 0 aliphatic carbocycles. The Morgan fingerprint density at radius 2 is 2.18 bits per heavy atom. The first-order valence-electron chi connectivity index (χ1n) is 6.21. The number of aromatic nitrogens is 1. The Bertz CT molecular complexity index is 358. The molecular weight excluding hydrogens is 218 g/mol. The molecule has 17 heavy (non-hydrogen) atoms. The van der Waals surface area contributed by atoms with Crippen LogP contribution >= 0.6 is 0 Å². The summed E-state index contributed by atoms with van der Waals surface area (Å²) in [5.41, 5.74) is 2.56. The number of aliphatic hydroxyl groups is 1. The van der Waals surface area contributed by atoms with Crippen LogP contribution in [0.3, 0.4) is 0 Å². The van der Waals surface area contributed by atoms with Crippen LogP contribution in [-0.2, 0) is 17.6 Å². The van der Waals surface area contributed by atoms with Gasteiger partial charge in [0.05, 0.1) is 12.2 Å². The molecule has 0 aliphatic heterocycles. The first-order valence-corrected chi connectivity index (χ1v) is 6.21. The lowest BCUT2D eigenvalue weighted by atomic mass is 10.0. The number of nitrogens with one attached hydrogen (secondary N) is 1. The third-order valence-corrected chi connectivity index (χ3v) is 2.63. The number of esters is 1. The summed E-state index contributed by atoms with van der Waals surface area (Å²) in [5, 5.41) is 8.84. The number of rotatable bonds is 7. The Morgan fingerprint density at radius 3 is 2.76 bits per heavy atom. The summed E-state index contributed by atoms with van der Waals surface area (Å²) in [6.07, 6.45) is 5.03. The predicted molar refractivity (Wildman–Crippen MR) is 66.2 cm³/mol. The van der Waals surface area contributed by atoms with Crippen LogP contribution in [0.1, 0.15) is 48.3 Å². The molecule has 0 aliphatic rings. The summed E-state index contributed by atoms with van der Waals surface area (Å²) in [4.78, 5) is 15.0. The van der Waals surface area contributed by atoms with E-state index in [4.69, 9.17) is 9.84 Å². The van der Waals surface area contributed by atoms with Gasteiger partial charge in [0.15, 0.2) is 0 Å². The highest BCUT2D eigenvalue weighted by molar-refractivity contribution is 5.92. The molecule has 1 rings (SSSR count). The van der Waals surface area contributed by atoms with Crippen LogP contribution in [0.15, 0.2) is 6.20 Å². The molecular formula is C13H21NO3. The van der Waals surface area contributed by atoms with Crippen molar-refractivity contribution in [2.75, 3.05) is 13.2 Å². The zero-order valence-electron chi connectivity index (χ0n) is 10.6. The fraction of sp³-hybridized carbons (Fsp3) is 0.615. The maximum atomic E-state index is 11.9. The van der Waals surface area contributed by atoms with Gasteiger partial charge in [-0.2, -0.15) is 0 Å². The largest absolute Gasteiger partial charge is 0.462 e. The minimum atomic E-state index is -0.259. The van der Waals surface area contributed by atoms with Gasteiger partial charge in [-0.1, -0.05) is 13.3 Å². The number of carbonyl (C=O) groups excluding carboxylic acids is 1. The fourth-order valence-electron chi connectivity index (χ4n) is 1.88. The molecule has 1 heterocycles. The van der Waals surface area contributed by atoms with Gasteiger partial charge in [-0.05, 0) is 31.7 Å². The van der Waals surface area contributed by atoms with Crippen LogP contribution in [0, 0.1) is 0 Å². The van der Waals surface area contributed by atoms with Gasteiger partial charge in [0.25, 0.3) is 0 Å². The minimum absolute atomic E-state index is 0.135. The number of ether oxygens (including phenoxy) is 1. The van der Waals surface area contributed by atoms with Gasteiger partial charge in [0.2, 0.25) is 0 Å². The SMILES string of the molecule is CCCc1[nH]cc(CCCO)c1C(=O)OCC. The lowest BCUT2D eigenvalue weighted by molar-refractivity contribution is 0.0524. The maximum absolute atomic E-state index is 11.9. The Balaban J connectivity index is 2.92. The summed E-state index contributed by atoms with van der Waals surface area (Å²) >= 11 is 0. The van der Waals surface area contributed by atoms with Crippen molar-refractivity contribution in [3.8, 4) is 0 Å². The van der Waals surface area contributed by atoms with Crippen LogP contribution < -0.4 is 0 Å². The van der Waals surface area contributed by atoms with Gasteiger partial charge in [-0.25, -0.2) is 4.79 Å². The standard InChI is InChI=1S/C13H21NO3/c1-3-6-11-12(13(16)17-4-2)10(9-14-11)7-5-8-15/h9,14-15H,3-8H2,1-2H3. The predicted octanol–water partition coefficient (Wildman–Crippen LogP) is 2.07. The third-order valence-electron chi connectivity index (χ3n) is 2.63. The van der Waals surface area contributed by atoms with Gasteiger partial charge < -0.3 is 14.8 Å². The average molecular weight is 239 g/mol. The number of hydrogen-bond donors (Lipinski definition) is 2. The van der Waals surface area contributed by atoms with Crippen LogP contribution in [0.2, 0.25) is 0 Å². The Labute approximate surface area is 102 Å². The van der Waals surface area contributed by atoms with Crippen LogP contribution in [0.25, 0.3) is 0 Å². The van der Waals surface area contributed by atoms with E-state index in [1.165, 1.54) is 0 Å². The van der Waals surface area contributed by atoms with Gasteiger partial charge >= 0.3 is 5.97 Å². The van der Waals surface area contributed by atoms with Crippen molar-refractivity contribution < 1.29 is 14.6 Å². The summed E-state index contributed by atoms with van der Waals surface area (Å²) in [7, 11) is 0. The van der Waals surface area contributed by atoms with E-state index in [-0.39, 0.29) is 12.6 Å². The summed E-state index contributed by atoms with van der Waals surface area (Å²) in [5.74, 6) is -0.259. The molecule has 0 bridgehead atoms.